The van der Waals surface area contributed by atoms with Crippen LogP contribution < -0.4 is 10.1 Å². The van der Waals surface area contributed by atoms with Crippen molar-refractivity contribution in [2.75, 3.05) is 44.8 Å². The van der Waals surface area contributed by atoms with Crippen molar-refractivity contribution in [2.45, 2.75) is 58.3 Å². The minimum Gasteiger partial charge on any atom is -0.493 e. The Balaban J connectivity index is 1.20. The van der Waals surface area contributed by atoms with Crippen LogP contribution in [0.2, 0.25) is 0 Å². The number of rotatable bonds is 13. The molecule has 39 heavy (non-hydrogen) atoms. The molecule has 1 unspecified atom stereocenters. The largest absolute Gasteiger partial charge is 0.493 e. The second kappa shape index (κ2) is 15.3. The molecule has 1 atom stereocenters. The summed E-state index contributed by atoms with van der Waals surface area (Å²) in [6.07, 6.45) is 9.94. The Bertz CT molecular complexity index is 1100. The van der Waals surface area contributed by atoms with E-state index >= 15 is 0 Å². The molecule has 0 saturated carbocycles. The number of carbonyl (C=O) groups excluding carboxylic acids is 2. The van der Waals surface area contributed by atoms with Crippen molar-refractivity contribution in [3.8, 4) is 5.75 Å². The van der Waals surface area contributed by atoms with E-state index < -0.39 is 0 Å². The number of hydrogen-bond donors (Lipinski definition) is 1. The maximum atomic E-state index is 12.8. The smallest absolute Gasteiger partial charge is 0.306 e. The highest BCUT2D eigenvalue weighted by Gasteiger charge is 2.23. The molecular formula is C31H41N3O5. The van der Waals surface area contributed by atoms with Gasteiger partial charge in [0, 0.05) is 23.2 Å². The van der Waals surface area contributed by atoms with Crippen LogP contribution in [0.15, 0.2) is 47.6 Å². The maximum absolute atomic E-state index is 12.8. The first-order chi connectivity index (χ1) is 19.1. The lowest BCUT2D eigenvalue weighted by atomic mass is 9.94. The molecule has 1 amide bonds. The molecule has 2 heterocycles. The Morgan fingerprint density at radius 1 is 1.05 bits per heavy atom. The minimum atomic E-state index is -0.187. The van der Waals surface area contributed by atoms with Crippen molar-refractivity contribution in [3.05, 3.63) is 59.2 Å². The van der Waals surface area contributed by atoms with Gasteiger partial charge < -0.3 is 19.5 Å². The fourth-order valence-corrected chi connectivity index (χ4v) is 4.75. The summed E-state index contributed by atoms with van der Waals surface area (Å²) in [4.78, 5) is 25.0. The summed E-state index contributed by atoms with van der Waals surface area (Å²) in [5.74, 6) is 0.510. The van der Waals surface area contributed by atoms with E-state index in [1.54, 1.807) is 18.3 Å². The van der Waals surface area contributed by atoms with Crippen LogP contribution >= 0.6 is 0 Å². The van der Waals surface area contributed by atoms with Crippen LogP contribution in [0.4, 0.5) is 5.69 Å². The number of anilines is 1. The Morgan fingerprint density at radius 3 is 2.62 bits per heavy atom. The Kier molecular flexibility index (Phi) is 11.2. The third-order valence-corrected chi connectivity index (χ3v) is 7.05. The van der Waals surface area contributed by atoms with E-state index in [0.29, 0.717) is 44.1 Å². The first kappa shape index (κ1) is 28.6. The van der Waals surface area contributed by atoms with Crippen LogP contribution in [0.25, 0.3) is 0 Å². The zero-order chi connectivity index (χ0) is 27.3. The van der Waals surface area contributed by atoms with Crippen LogP contribution in [-0.4, -0.2) is 62.6 Å². The first-order valence-corrected chi connectivity index (χ1v) is 14.3. The Hall–Kier alpha value is -3.39. The number of ether oxygens (including phenoxy) is 3. The summed E-state index contributed by atoms with van der Waals surface area (Å²) in [6.45, 7) is 6.13. The summed E-state index contributed by atoms with van der Waals surface area (Å²) in [5.41, 5.74) is 3.21. The van der Waals surface area contributed by atoms with E-state index in [9.17, 15) is 9.59 Å². The van der Waals surface area contributed by atoms with Crippen LogP contribution in [0.3, 0.4) is 0 Å². The van der Waals surface area contributed by atoms with Crippen molar-refractivity contribution in [1.29, 1.82) is 0 Å². The van der Waals surface area contributed by atoms with E-state index in [1.807, 2.05) is 35.3 Å². The number of esters is 1. The highest BCUT2D eigenvalue weighted by atomic mass is 16.5. The quantitative estimate of drug-likeness (QED) is 0.208. The summed E-state index contributed by atoms with van der Waals surface area (Å²) in [6, 6.07) is 13.0. The molecule has 2 aromatic carbocycles. The molecule has 2 aliphatic rings. The molecule has 8 heteroatoms. The first-order valence-electron chi connectivity index (χ1n) is 14.3. The fraction of sp³-hybridized carbons (Fsp3) is 0.516. The van der Waals surface area contributed by atoms with Crippen molar-refractivity contribution in [1.82, 2.24) is 5.01 Å². The third-order valence-electron chi connectivity index (χ3n) is 7.05. The molecule has 0 bridgehead atoms. The van der Waals surface area contributed by atoms with Gasteiger partial charge >= 0.3 is 5.97 Å². The number of nitrogens with one attached hydrogen (secondary N) is 1. The number of morpholine rings is 1. The molecule has 0 spiro atoms. The average Bonchev–Trinajstić information content (AvgIpc) is 2.96. The van der Waals surface area contributed by atoms with Crippen molar-refractivity contribution in [3.63, 3.8) is 0 Å². The highest BCUT2D eigenvalue weighted by molar-refractivity contribution is 6.04. The molecule has 1 N–H and O–H groups in total. The molecular weight excluding hydrogens is 494 g/mol. The van der Waals surface area contributed by atoms with Crippen LogP contribution in [0.1, 0.15) is 73.4 Å². The summed E-state index contributed by atoms with van der Waals surface area (Å²) in [7, 11) is 0. The number of unbranched alkanes of at least 4 members (excludes halogenated alkanes) is 5. The lowest BCUT2D eigenvalue weighted by molar-refractivity contribution is -0.145. The number of fused-ring (bicyclic) bond motifs is 1. The van der Waals surface area contributed by atoms with Crippen LogP contribution in [0.5, 0.6) is 5.75 Å². The van der Waals surface area contributed by atoms with E-state index in [2.05, 4.69) is 17.3 Å². The molecule has 1 saturated heterocycles. The third kappa shape index (κ3) is 9.39. The molecule has 8 nitrogen and oxygen atoms in total. The number of amides is 1. The monoisotopic (exact) mass is 535 g/mol. The van der Waals surface area contributed by atoms with Gasteiger partial charge in [-0.3, -0.25) is 14.6 Å². The van der Waals surface area contributed by atoms with Gasteiger partial charge in [0.05, 0.1) is 52.2 Å². The van der Waals surface area contributed by atoms with Gasteiger partial charge in [-0.05, 0) is 42.2 Å². The zero-order valence-electron chi connectivity index (χ0n) is 23.0. The molecule has 210 valence electrons. The molecule has 0 aliphatic carbocycles. The van der Waals surface area contributed by atoms with Gasteiger partial charge in [0.2, 0.25) is 0 Å². The zero-order valence-corrected chi connectivity index (χ0v) is 23.0. The summed E-state index contributed by atoms with van der Waals surface area (Å²) < 4.78 is 16.7. The number of hydrazone groups is 1. The SMILES string of the molecule is CCCCCCCCOC(=O)CC1COc2cc(NC(=O)c3ccc(C=NN4CCOCC4)cc3)ccc2C1. The van der Waals surface area contributed by atoms with Gasteiger partial charge in [0.25, 0.3) is 5.91 Å². The fourth-order valence-electron chi connectivity index (χ4n) is 4.75. The number of benzene rings is 2. The van der Waals surface area contributed by atoms with Gasteiger partial charge in [-0.1, -0.05) is 57.2 Å². The highest BCUT2D eigenvalue weighted by Crippen LogP contribution is 2.31. The average molecular weight is 536 g/mol. The topological polar surface area (TPSA) is 89.5 Å². The summed E-state index contributed by atoms with van der Waals surface area (Å²) >= 11 is 0. The van der Waals surface area contributed by atoms with Crippen molar-refractivity contribution < 1.29 is 23.8 Å². The Labute approximate surface area is 231 Å². The van der Waals surface area contributed by atoms with Gasteiger partial charge in [0.1, 0.15) is 5.75 Å². The number of carbonyl (C=O) groups is 2. The van der Waals surface area contributed by atoms with Crippen LogP contribution in [-0.2, 0) is 20.7 Å². The van der Waals surface area contributed by atoms with Crippen LogP contribution in [0, 0.1) is 5.92 Å². The van der Waals surface area contributed by atoms with Gasteiger partial charge in [-0.2, -0.15) is 5.10 Å². The summed E-state index contributed by atoms with van der Waals surface area (Å²) in [5, 5.41) is 9.40. The van der Waals surface area contributed by atoms with Crippen molar-refractivity contribution in [2.24, 2.45) is 11.0 Å². The number of hydrogen-bond acceptors (Lipinski definition) is 7. The molecule has 1 fully saturated rings. The maximum Gasteiger partial charge on any atom is 0.306 e. The van der Waals surface area contributed by atoms with Gasteiger partial charge in [-0.15, -0.1) is 0 Å². The van der Waals surface area contributed by atoms with Gasteiger partial charge in [0.15, 0.2) is 0 Å². The standard InChI is InChI=1S/C31H41N3O5/c1-2-3-4-5-6-7-16-38-30(35)20-25-19-27-12-13-28(21-29(27)39-23-25)33-31(36)26-10-8-24(9-11-26)22-32-34-14-17-37-18-15-34/h8-13,21-22,25H,2-7,14-20,23H2,1H3,(H,33,36). The molecule has 0 aromatic heterocycles. The molecule has 2 aromatic rings. The Morgan fingerprint density at radius 2 is 1.82 bits per heavy atom. The lowest BCUT2D eigenvalue weighted by Gasteiger charge is -2.25. The minimum absolute atomic E-state index is 0.0975. The normalized spacial score (nSPS) is 16.9. The van der Waals surface area contributed by atoms with Crippen molar-refractivity contribution >= 4 is 23.8 Å². The van der Waals surface area contributed by atoms with E-state index in [0.717, 1.165) is 49.2 Å². The van der Waals surface area contributed by atoms with E-state index in [-0.39, 0.29) is 17.8 Å². The number of nitrogens with zero attached hydrogens (tertiary/aromatic N) is 2. The second-order valence-electron chi connectivity index (χ2n) is 10.3. The molecule has 4 rings (SSSR count). The van der Waals surface area contributed by atoms with Gasteiger partial charge in [-0.25, -0.2) is 0 Å². The molecule has 0 radical (unpaired) electrons. The van der Waals surface area contributed by atoms with E-state index in [1.165, 1.54) is 25.7 Å². The molecule has 2 aliphatic heterocycles. The second-order valence-corrected chi connectivity index (χ2v) is 10.3. The van der Waals surface area contributed by atoms with E-state index in [4.69, 9.17) is 14.2 Å². The predicted molar refractivity (Wildman–Crippen MR) is 152 cm³/mol. The lowest BCUT2D eigenvalue weighted by Crippen LogP contribution is -2.32. The predicted octanol–water partition coefficient (Wildman–Crippen LogP) is 5.45.